The van der Waals surface area contributed by atoms with Gasteiger partial charge in [0, 0.05) is 37.9 Å². The van der Waals surface area contributed by atoms with Crippen molar-refractivity contribution in [3.63, 3.8) is 0 Å². The van der Waals surface area contributed by atoms with Gasteiger partial charge >= 0.3 is 0 Å². The maximum absolute atomic E-state index is 12.7. The highest BCUT2D eigenvalue weighted by Gasteiger charge is 2.25. The molecule has 1 fully saturated rings. The summed E-state index contributed by atoms with van der Waals surface area (Å²) in [6.45, 7) is 1.87. The lowest BCUT2D eigenvalue weighted by molar-refractivity contribution is -0.135. The van der Waals surface area contributed by atoms with E-state index in [9.17, 15) is 4.79 Å². The van der Waals surface area contributed by atoms with E-state index in [0.29, 0.717) is 18.4 Å². The van der Waals surface area contributed by atoms with E-state index in [4.69, 9.17) is 0 Å². The molecule has 0 radical (unpaired) electrons. The Kier molecular flexibility index (Phi) is 6.05. The van der Waals surface area contributed by atoms with Gasteiger partial charge in [-0.2, -0.15) is 0 Å². The summed E-state index contributed by atoms with van der Waals surface area (Å²) < 4.78 is 2.10. The fourth-order valence-electron chi connectivity index (χ4n) is 3.58. The van der Waals surface area contributed by atoms with Crippen LogP contribution in [0.2, 0.25) is 0 Å². The zero-order valence-corrected chi connectivity index (χ0v) is 14.3. The highest BCUT2D eigenvalue weighted by Crippen LogP contribution is 2.22. The summed E-state index contributed by atoms with van der Waals surface area (Å²) in [5.74, 6) is 0.335. The number of hydrogen-bond acceptors (Lipinski definition) is 2. The van der Waals surface area contributed by atoms with Gasteiger partial charge < -0.3 is 9.47 Å². The van der Waals surface area contributed by atoms with Crippen molar-refractivity contribution >= 4 is 5.91 Å². The van der Waals surface area contributed by atoms with Gasteiger partial charge in [-0.05, 0) is 44.1 Å². The van der Waals surface area contributed by atoms with Crippen LogP contribution in [0.5, 0.6) is 0 Å². The van der Waals surface area contributed by atoms with E-state index in [-0.39, 0.29) is 0 Å². The molecule has 1 aliphatic rings. The number of nitrogens with zero attached hydrogens (tertiary/aromatic N) is 3. The van der Waals surface area contributed by atoms with E-state index in [2.05, 4.69) is 38.7 Å². The fourth-order valence-corrected chi connectivity index (χ4v) is 3.58. The summed E-state index contributed by atoms with van der Waals surface area (Å²) in [5.41, 5.74) is 1.32. The van der Waals surface area contributed by atoms with E-state index >= 15 is 0 Å². The lowest BCUT2D eigenvalue weighted by Crippen LogP contribution is -2.44. The zero-order valence-electron chi connectivity index (χ0n) is 14.3. The molecule has 1 aromatic heterocycles. The Morgan fingerprint density at radius 1 is 1.21 bits per heavy atom. The predicted molar refractivity (Wildman–Crippen MR) is 95.6 cm³/mol. The maximum Gasteiger partial charge on any atom is 0.222 e. The average molecular weight is 325 g/mol. The molecular formula is C20H27N3O. The SMILES string of the molecule is O=C(CCCc1ccccc1)N1CCCCC1CCn1ccnc1. The highest BCUT2D eigenvalue weighted by atomic mass is 16.2. The van der Waals surface area contributed by atoms with E-state index in [1.807, 2.05) is 24.8 Å². The third kappa shape index (κ3) is 4.70. The molecule has 4 nitrogen and oxygen atoms in total. The molecule has 2 aromatic rings. The molecule has 4 heteroatoms. The molecule has 0 saturated carbocycles. The minimum atomic E-state index is 0.335. The van der Waals surface area contributed by atoms with Crippen LogP contribution in [0.3, 0.4) is 0 Å². The molecule has 0 aliphatic carbocycles. The first-order chi connectivity index (χ1) is 11.8. The molecule has 1 unspecified atom stereocenters. The number of likely N-dealkylation sites (tertiary alicyclic amines) is 1. The topological polar surface area (TPSA) is 38.1 Å². The molecule has 0 spiro atoms. The quantitative estimate of drug-likeness (QED) is 0.779. The van der Waals surface area contributed by atoms with Crippen LogP contribution in [0.1, 0.15) is 44.1 Å². The molecule has 1 aliphatic heterocycles. The van der Waals surface area contributed by atoms with Crippen molar-refractivity contribution in [2.75, 3.05) is 6.54 Å². The van der Waals surface area contributed by atoms with E-state index < -0.39 is 0 Å². The van der Waals surface area contributed by atoms with Gasteiger partial charge in [0.25, 0.3) is 0 Å². The number of benzene rings is 1. The zero-order chi connectivity index (χ0) is 16.6. The van der Waals surface area contributed by atoms with Crippen LogP contribution in [-0.2, 0) is 17.8 Å². The smallest absolute Gasteiger partial charge is 0.222 e. The third-order valence-corrected chi connectivity index (χ3v) is 4.93. The molecule has 1 saturated heterocycles. The van der Waals surface area contributed by atoms with Crippen molar-refractivity contribution in [3.05, 3.63) is 54.6 Å². The Morgan fingerprint density at radius 3 is 2.88 bits per heavy atom. The van der Waals surface area contributed by atoms with Crippen LogP contribution in [0.4, 0.5) is 0 Å². The summed E-state index contributed by atoms with van der Waals surface area (Å²) in [6.07, 6.45) is 12.8. The first-order valence-corrected chi connectivity index (χ1v) is 9.12. The first kappa shape index (κ1) is 16.7. The summed E-state index contributed by atoms with van der Waals surface area (Å²) in [7, 11) is 0. The largest absolute Gasteiger partial charge is 0.340 e. The van der Waals surface area contributed by atoms with Gasteiger partial charge in [0.1, 0.15) is 0 Å². The molecular weight excluding hydrogens is 298 g/mol. The summed E-state index contributed by atoms with van der Waals surface area (Å²) >= 11 is 0. The van der Waals surface area contributed by atoms with Crippen LogP contribution in [-0.4, -0.2) is 32.9 Å². The van der Waals surface area contributed by atoms with Gasteiger partial charge in [0.15, 0.2) is 0 Å². The van der Waals surface area contributed by atoms with Gasteiger partial charge in [0.2, 0.25) is 5.91 Å². The van der Waals surface area contributed by atoms with Crippen molar-refractivity contribution in [3.8, 4) is 0 Å². The van der Waals surface area contributed by atoms with Crippen LogP contribution in [0, 0.1) is 0 Å². The number of carbonyl (C=O) groups is 1. The van der Waals surface area contributed by atoms with Gasteiger partial charge in [-0.3, -0.25) is 4.79 Å². The Bertz CT molecular complexity index is 609. The van der Waals surface area contributed by atoms with Crippen molar-refractivity contribution in [1.82, 2.24) is 14.5 Å². The molecule has 128 valence electrons. The van der Waals surface area contributed by atoms with Crippen molar-refractivity contribution in [2.24, 2.45) is 0 Å². The van der Waals surface area contributed by atoms with Gasteiger partial charge in [-0.25, -0.2) is 4.98 Å². The first-order valence-electron chi connectivity index (χ1n) is 9.12. The number of carbonyl (C=O) groups excluding carboxylic acids is 1. The van der Waals surface area contributed by atoms with Gasteiger partial charge in [0.05, 0.1) is 6.33 Å². The van der Waals surface area contributed by atoms with Crippen molar-refractivity contribution < 1.29 is 4.79 Å². The van der Waals surface area contributed by atoms with Crippen LogP contribution < -0.4 is 0 Å². The van der Waals surface area contributed by atoms with Crippen LogP contribution in [0.15, 0.2) is 49.1 Å². The van der Waals surface area contributed by atoms with Crippen LogP contribution >= 0.6 is 0 Å². The normalized spacial score (nSPS) is 17.8. The van der Waals surface area contributed by atoms with Crippen LogP contribution in [0.25, 0.3) is 0 Å². The Labute approximate surface area is 144 Å². The number of rotatable bonds is 7. The Hall–Kier alpha value is -2.10. The van der Waals surface area contributed by atoms with E-state index in [1.165, 1.54) is 12.0 Å². The molecule has 1 atom stereocenters. The Morgan fingerprint density at radius 2 is 2.08 bits per heavy atom. The van der Waals surface area contributed by atoms with E-state index in [0.717, 1.165) is 45.2 Å². The van der Waals surface area contributed by atoms with Gasteiger partial charge in [-0.15, -0.1) is 0 Å². The summed E-state index contributed by atoms with van der Waals surface area (Å²) in [6, 6.07) is 10.8. The number of aromatic nitrogens is 2. The molecule has 1 amide bonds. The molecule has 0 bridgehead atoms. The third-order valence-electron chi connectivity index (χ3n) is 4.93. The predicted octanol–water partition coefficient (Wildman–Crippen LogP) is 3.68. The molecule has 3 rings (SSSR count). The summed E-state index contributed by atoms with van der Waals surface area (Å²) in [4.78, 5) is 18.9. The highest BCUT2D eigenvalue weighted by molar-refractivity contribution is 5.76. The number of imidazole rings is 1. The average Bonchev–Trinajstić information content (AvgIpc) is 3.14. The minimum Gasteiger partial charge on any atom is -0.340 e. The second-order valence-corrected chi connectivity index (χ2v) is 6.67. The van der Waals surface area contributed by atoms with Gasteiger partial charge in [-0.1, -0.05) is 30.3 Å². The maximum atomic E-state index is 12.7. The molecule has 1 aromatic carbocycles. The summed E-state index contributed by atoms with van der Waals surface area (Å²) in [5, 5.41) is 0. The van der Waals surface area contributed by atoms with Crippen molar-refractivity contribution in [1.29, 1.82) is 0 Å². The number of hydrogen-bond donors (Lipinski definition) is 0. The lowest BCUT2D eigenvalue weighted by Gasteiger charge is -2.36. The minimum absolute atomic E-state index is 0.335. The molecule has 0 N–H and O–H groups in total. The second kappa shape index (κ2) is 8.67. The number of aryl methyl sites for hydroxylation is 2. The fraction of sp³-hybridized carbons (Fsp3) is 0.500. The Balaban J connectivity index is 1.47. The lowest BCUT2D eigenvalue weighted by atomic mass is 9.98. The second-order valence-electron chi connectivity index (χ2n) is 6.67. The monoisotopic (exact) mass is 325 g/mol. The van der Waals surface area contributed by atoms with E-state index in [1.54, 1.807) is 0 Å². The molecule has 2 heterocycles. The number of piperidine rings is 1. The van der Waals surface area contributed by atoms with Crippen molar-refractivity contribution in [2.45, 2.75) is 57.5 Å². The molecule has 24 heavy (non-hydrogen) atoms. The standard InChI is InChI=1S/C20H27N3O/c24-20(11-6-9-18-7-2-1-3-8-18)23-14-5-4-10-19(23)12-15-22-16-13-21-17-22/h1-3,7-8,13,16-17,19H,4-6,9-12,14-15H2. The number of amides is 1.